The molecule has 0 aliphatic carbocycles. The highest BCUT2D eigenvalue weighted by Gasteiger charge is 2.47. The molecule has 2 fully saturated rings. The van der Waals surface area contributed by atoms with Crippen molar-refractivity contribution in [3.05, 3.63) is 0 Å². The number of carbonyl (C=O) groups excluding carboxylic acids is 1. The number of fused-ring (bicyclic) bond motifs is 1. The predicted octanol–water partition coefficient (Wildman–Crippen LogP) is -0.938. The Labute approximate surface area is 57.7 Å². The first-order valence-electron chi connectivity index (χ1n) is 3.29. The van der Waals surface area contributed by atoms with E-state index in [1.54, 1.807) is 0 Å². The van der Waals surface area contributed by atoms with Crippen LogP contribution in [-0.2, 0) is 14.3 Å². The fourth-order valence-corrected chi connectivity index (χ4v) is 1.37. The van der Waals surface area contributed by atoms with E-state index in [4.69, 9.17) is 14.6 Å². The van der Waals surface area contributed by atoms with Gasteiger partial charge in [0.1, 0.15) is 12.2 Å². The van der Waals surface area contributed by atoms with Gasteiger partial charge in [0.05, 0.1) is 6.61 Å². The molecule has 0 radical (unpaired) electrons. The quantitative estimate of drug-likeness (QED) is 0.446. The first kappa shape index (κ1) is 6.12. The molecule has 2 aliphatic heterocycles. The van der Waals surface area contributed by atoms with Gasteiger partial charge in [-0.25, -0.2) is 4.79 Å². The zero-order valence-corrected chi connectivity index (χ0v) is 5.32. The van der Waals surface area contributed by atoms with Crippen LogP contribution in [0.25, 0.3) is 0 Å². The molecule has 0 aromatic carbocycles. The highest BCUT2D eigenvalue weighted by atomic mass is 16.6. The minimum Gasteiger partial charge on any atom is -0.457 e. The second-order valence-corrected chi connectivity index (χ2v) is 2.54. The molecule has 1 N–H and O–H groups in total. The minimum atomic E-state index is -1.05. The summed E-state index contributed by atoms with van der Waals surface area (Å²) in [5.41, 5.74) is 0. The van der Waals surface area contributed by atoms with Crippen LogP contribution >= 0.6 is 0 Å². The number of rotatable bonds is 0. The number of ether oxygens (including phenoxy) is 2. The molecular weight excluding hydrogens is 136 g/mol. The summed E-state index contributed by atoms with van der Waals surface area (Å²) in [6, 6.07) is 0. The lowest BCUT2D eigenvalue weighted by atomic mass is 10.1. The molecule has 4 nitrogen and oxygen atoms in total. The highest BCUT2D eigenvalue weighted by molar-refractivity contribution is 5.77. The fraction of sp³-hybridized carbons (Fsp3) is 0.833. The van der Waals surface area contributed by atoms with Gasteiger partial charge in [0, 0.05) is 6.42 Å². The van der Waals surface area contributed by atoms with Crippen molar-refractivity contribution in [3.63, 3.8) is 0 Å². The van der Waals surface area contributed by atoms with Crippen LogP contribution in [0.15, 0.2) is 0 Å². The molecule has 0 bridgehead atoms. The fourth-order valence-electron chi connectivity index (χ4n) is 1.37. The molecule has 10 heavy (non-hydrogen) atoms. The zero-order valence-electron chi connectivity index (χ0n) is 5.32. The van der Waals surface area contributed by atoms with Gasteiger partial charge in [-0.2, -0.15) is 0 Å². The van der Waals surface area contributed by atoms with Crippen molar-refractivity contribution in [1.29, 1.82) is 0 Å². The smallest absolute Gasteiger partial charge is 0.338 e. The van der Waals surface area contributed by atoms with E-state index >= 15 is 0 Å². The molecule has 56 valence electrons. The number of hydrogen-bond donors (Lipinski definition) is 1. The summed E-state index contributed by atoms with van der Waals surface area (Å²) >= 11 is 0. The molecule has 0 spiro atoms. The van der Waals surface area contributed by atoms with E-state index < -0.39 is 18.2 Å². The van der Waals surface area contributed by atoms with E-state index in [0.717, 1.165) is 0 Å². The molecule has 0 aromatic rings. The van der Waals surface area contributed by atoms with Gasteiger partial charge in [-0.05, 0) is 0 Å². The van der Waals surface area contributed by atoms with Crippen molar-refractivity contribution >= 4 is 5.97 Å². The van der Waals surface area contributed by atoms with E-state index in [2.05, 4.69) is 0 Å². The summed E-state index contributed by atoms with van der Waals surface area (Å²) in [7, 11) is 0. The molecule has 2 aliphatic rings. The molecular formula is C6H8O4. The molecule has 0 amide bonds. The molecule has 4 heteroatoms. The van der Waals surface area contributed by atoms with E-state index in [9.17, 15) is 4.79 Å². The molecule has 0 aromatic heterocycles. The van der Waals surface area contributed by atoms with E-state index in [1.807, 2.05) is 0 Å². The first-order valence-corrected chi connectivity index (χ1v) is 3.29. The van der Waals surface area contributed by atoms with Gasteiger partial charge in [-0.15, -0.1) is 0 Å². The Hall–Kier alpha value is -0.610. The number of esters is 1. The third kappa shape index (κ3) is 0.660. The maximum Gasteiger partial charge on any atom is 0.338 e. The molecule has 3 atom stereocenters. The standard InChI is InChI=1S/C6H8O4/c7-4-5-3(1-2-9-5)10-6(4)8/h3-5,7H,1-2H2/t3?,4-,5?/m0/s1. The first-order chi connectivity index (χ1) is 4.79. The number of carbonyl (C=O) groups is 1. The Balaban J connectivity index is 2.16. The molecule has 2 unspecified atom stereocenters. The van der Waals surface area contributed by atoms with Crippen LogP contribution in [-0.4, -0.2) is 36.0 Å². The molecule has 0 saturated carbocycles. The van der Waals surface area contributed by atoms with Gasteiger partial charge >= 0.3 is 5.97 Å². The Morgan fingerprint density at radius 1 is 1.60 bits per heavy atom. The van der Waals surface area contributed by atoms with Gasteiger partial charge < -0.3 is 14.6 Å². The lowest BCUT2D eigenvalue weighted by Crippen LogP contribution is -2.28. The van der Waals surface area contributed by atoms with Crippen LogP contribution in [0.2, 0.25) is 0 Å². The lowest BCUT2D eigenvalue weighted by molar-refractivity contribution is -0.148. The second-order valence-electron chi connectivity index (χ2n) is 2.54. The summed E-state index contributed by atoms with van der Waals surface area (Å²) in [6.45, 7) is 0.583. The third-order valence-electron chi connectivity index (χ3n) is 1.90. The highest BCUT2D eigenvalue weighted by Crippen LogP contribution is 2.26. The van der Waals surface area contributed by atoms with Gasteiger partial charge in [0.25, 0.3) is 0 Å². The Kier molecular flexibility index (Phi) is 1.18. The van der Waals surface area contributed by atoms with Gasteiger partial charge in [-0.1, -0.05) is 0 Å². The van der Waals surface area contributed by atoms with E-state index in [1.165, 1.54) is 0 Å². The van der Waals surface area contributed by atoms with Crippen LogP contribution < -0.4 is 0 Å². The van der Waals surface area contributed by atoms with Gasteiger partial charge in [0.2, 0.25) is 0 Å². The average Bonchev–Trinajstić information content (AvgIpc) is 2.41. The third-order valence-corrected chi connectivity index (χ3v) is 1.90. The Morgan fingerprint density at radius 2 is 2.40 bits per heavy atom. The average molecular weight is 144 g/mol. The minimum absolute atomic E-state index is 0.192. The van der Waals surface area contributed by atoms with Crippen LogP contribution in [0, 0.1) is 0 Å². The van der Waals surface area contributed by atoms with Crippen molar-refractivity contribution in [2.45, 2.75) is 24.7 Å². The van der Waals surface area contributed by atoms with E-state index in [0.29, 0.717) is 13.0 Å². The largest absolute Gasteiger partial charge is 0.457 e. The normalized spacial score (nSPS) is 45.3. The van der Waals surface area contributed by atoms with Crippen molar-refractivity contribution in [1.82, 2.24) is 0 Å². The predicted molar refractivity (Wildman–Crippen MR) is 30.2 cm³/mol. The van der Waals surface area contributed by atoms with Crippen molar-refractivity contribution in [2.24, 2.45) is 0 Å². The SMILES string of the molecule is O=C1OC2CCOC2[C@@H]1O. The summed E-state index contributed by atoms with van der Waals surface area (Å²) in [6.07, 6.45) is -0.921. The maximum atomic E-state index is 10.6. The van der Waals surface area contributed by atoms with Crippen LogP contribution in [0.1, 0.15) is 6.42 Å². The Morgan fingerprint density at radius 3 is 3.10 bits per heavy atom. The molecule has 2 heterocycles. The van der Waals surface area contributed by atoms with Crippen molar-refractivity contribution < 1.29 is 19.4 Å². The van der Waals surface area contributed by atoms with Crippen molar-refractivity contribution in [3.8, 4) is 0 Å². The van der Waals surface area contributed by atoms with Crippen LogP contribution in [0.3, 0.4) is 0 Å². The summed E-state index contributed by atoms with van der Waals surface area (Å²) in [4.78, 5) is 10.6. The van der Waals surface area contributed by atoms with Crippen LogP contribution in [0.4, 0.5) is 0 Å². The summed E-state index contributed by atoms with van der Waals surface area (Å²) in [5.74, 6) is -0.547. The van der Waals surface area contributed by atoms with Gasteiger partial charge in [-0.3, -0.25) is 0 Å². The van der Waals surface area contributed by atoms with Crippen molar-refractivity contribution in [2.75, 3.05) is 6.61 Å². The zero-order chi connectivity index (χ0) is 7.14. The number of aliphatic hydroxyl groups is 1. The maximum absolute atomic E-state index is 10.6. The Bertz CT molecular complexity index is 167. The van der Waals surface area contributed by atoms with Crippen LogP contribution in [0.5, 0.6) is 0 Å². The van der Waals surface area contributed by atoms with E-state index in [-0.39, 0.29) is 6.10 Å². The number of hydrogen-bond acceptors (Lipinski definition) is 4. The lowest BCUT2D eigenvalue weighted by Gasteiger charge is -2.05. The monoisotopic (exact) mass is 144 g/mol. The summed E-state index contributed by atoms with van der Waals surface area (Å²) < 4.78 is 9.85. The van der Waals surface area contributed by atoms with Gasteiger partial charge in [0.15, 0.2) is 6.10 Å². The molecule has 2 rings (SSSR count). The summed E-state index contributed by atoms with van der Waals surface area (Å²) in [5, 5.41) is 9.07. The topological polar surface area (TPSA) is 55.8 Å². The number of aliphatic hydroxyl groups excluding tert-OH is 1. The second kappa shape index (κ2) is 1.93. The molecule has 2 saturated heterocycles.